The topological polar surface area (TPSA) is 26.3 Å². The van der Waals surface area contributed by atoms with E-state index in [0.29, 0.717) is 16.9 Å². The van der Waals surface area contributed by atoms with Crippen molar-refractivity contribution in [1.29, 1.82) is 0 Å². The van der Waals surface area contributed by atoms with E-state index in [1.54, 1.807) is 30.3 Å². The van der Waals surface area contributed by atoms with E-state index >= 15 is 0 Å². The van der Waals surface area contributed by atoms with Gasteiger partial charge < -0.3 is 4.74 Å². The average Bonchev–Trinajstić information content (AvgIpc) is 2.58. The molecule has 0 amide bonds. The van der Waals surface area contributed by atoms with E-state index in [1.165, 1.54) is 0 Å². The fourth-order valence-corrected chi connectivity index (χ4v) is 2.98. The van der Waals surface area contributed by atoms with Gasteiger partial charge in [0.05, 0.1) is 0 Å². The van der Waals surface area contributed by atoms with Crippen molar-refractivity contribution >= 4 is 11.9 Å². The maximum atomic E-state index is 14.8. The molecule has 0 fully saturated rings. The Morgan fingerprint density at radius 2 is 1.73 bits per heavy atom. The fourth-order valence-electron chi connectivity index (χ4n) is 2.98. The molecule has 0 N–H and O–H groups in total. The normalized spacial score (nSPS) is 16.5. The van der Waals surface area contributed by atoms with Crippen LogP contribution in [-0.4, -0.2) is 11.4 Å². The minimum atomic E-state index is -1.67. The summed E-state index contributed by atoms with van der Waals surface area (Å²) < 4.78 is 20.7. The molecule has 1 heterocycles. The third-order valence-electron chi connectivity index (χ3n) is 4.63. The van der Waals surface area contributed by atoms with Crippen LogP contribution in [0.5, 0.6) is 5.75 Å². The molecule has 1 atom stereocenters. The average molecular weight is 352 g/mol. The zero-order valence-electron chi connectivity index (χ0n) is 16.0. The molecule has 0 radical (unpaired) electrons. The number of hydrogen-bond acceptors (Lipinski definition) is 2. The summed E-state index contributed by atoms with van der Waals surface area (Å²) in [7, 11) is 0. The number of halogens is 1. The minimum Gasteiger partial charge on any atom is -0.483 e. The van der Waals surface area contributed by atoms with Crippen LogP contribution in [0.1, 0.15) is 67.8 Å². The monoisotopic (exact) mass is 352 g/mol. The molecule has 26 heavy (non-hydrogen) atoms. The largest absolute Gasteiger partial charge is 0.483 e. The highest BCUT2D eigenvalue weighted by Crippen LogP contribution is 2.33. The summed E-state index contributed by atoms with van der Waals surface area (Å²) in [6.07, 6.45) is 2.18. The first kappa shape index (κ1) is 18.4. The zero-order valence-corrected chi connectivity index (χ0v) is 16.0. The molecule has 0 aromatic heterocycles. The summed E-state index contributed by atoms with van der Waals surface area (Å²) >= 11 is 0. The van der Waals surface area contributed by atoms with Gasteiger partial charge in [-0.05, 0) is 54.7 Å². The van der Waals surface area contributed by atoms with Gasteiger partial charge in [-0.25, -0.2) is 4.39 Å². The van der Waals surface area contributed by atoms with Crippen molar-refractivity contribution < 1.29 is 13.9 Å². The molecular weight excluding hydrogens is 327 g/mol. The van der Waals surface area contributed by atoms with Crippen LogP contribution in [0.2, 0.25) is 0 Å². The van der Waals surface area contributed by atoms with E-state index < -0.39 is 12.0 Å². The zero-order chi connectivity index (χ0) is 19.1. The van der Waals surface area contributed by atoms with Crippen LogP contribution in [0.25, 0.3) is 6.08 Å². The number of alkyl halides is 1. The molecule has 136 valence electrons. The molecule has 0 bridgehead atoms. The summed E-state index contributed by atoms with van der Waals surface area (Å²) in [6.45, 7) is 10.2. The van der Waals surface area contributed by atoms with Crippen molar-refractivity contribution in [2.75, 3.05) is 0 Å². The maximum Gasteiger partial charge on any atom is 0.201 e. The number of carbonyl (C=O) groups is 1. The van der Waals surface area contributed by atoms with Crippen molar-refractivity contribution in [2.24, 2.45) is 0 Å². The quantitative estimate of drug-likeness (QED) is 0.627. The Labute approximate surface area is 154 Å². The Morgan fingerprint density at radius 3 is 2.35 bits per heavy atom. The highest BCUT2D eigenvalue weighted by atomic mass is 19.1. The third kappa shape index (κ3) is 3.72. The smallest absolute Gasteiger partial charge is 0.201 e. The van der Waals surface area contributed by atoms with Crippen molar-refractivity contribution in [3.05, 3.63) is 70.8 Å². The van der Waals surface area contributed by atoms with Gasteiger partial charge in [-0.2, -0.15) is 0 Å². The maximum absolute atomic E-state index is 14.8. The Kier molecular flexibility index (Phi) is 4.51. The number of benzene rings is 2. The number of hydrogen-bond donors (Lipinski definition) is 0. The Balaban J connectivity index is 1.83. The molecule has 1 aliphatic rings. The number of rotatable bonds is 3. The Hall–Kier alpha value is -2.42. The van der Waals surface area contributed by atoms with Gasteiger partial charge in [-0.3, -0.25) is 4.79 Å². The van der Waals surface area contributed by atoms with Crippen LogP contribution in [0.3, 0.4) is 0 Å². The predicted molar refractivity (Wildman–Crippen MR) is 104 cm³/mol. The second-order valence-electron chi connectivity index (χ2n) is 8.39. The first-order valence-corrected chi connectivity index (χ1v) is 8.88. The van der Waals surface area contributed by atoms with Crippen LogP contribution < -0.4 is 4.74 Å². The van der Waals surface area contributed by atoms with E-state index in [4.69, 9.17) is 4.74 Å². The van der Waals surface area contributed by atoms with Gasteiger partial charge in [0.1, 0.15) is 11.4 Å². The molecule has 0 saturated heterocycles. The lowest BCUT2D eigenvalue weighted by Crippen LogP contribution is -2.27. The van der Waals surface area contributed by atoms with Crippen molar-refractivity contribution in [3.63, 3.8) is 0 Å². The number of carbonyl (C=O) groups excluding carboxylic acids is 1. The number of ketones is 1. The molecule has 0 aliphatic carbocycles. The first-order chi connectivity index (χ1) is 12.1. The highest BCUT2D eigenvalue weighted by molar-refractivity contribution is 6.00. The van der Waals surface area contributed by atoms with Gasteiger partial charge >= 0.3 is 0 Å². The molecule has 2 aromatic carbocycles. The van der Waals surface area contributed by atoms with E-state index in [9.17, 15) is 9.18 Å². The molecule has 1 aliphatic heterocycles. The predicted octanol–water partition coefficient (Wildman–Crippen LogP) is 6.06. The molecule has 3 rings (SSSR count). The lowest BCUT2D eigenvalue weighted by atomic mass is 9.86. The van der Waals surface area contributed by atoms with Gasteiger partial charge in [0.2, 0.25) is 5.78 Å². The fraction of sp³-hybridized carbons (Fsp3) is 0.348. The molecule has 3 heteroatoms. The minimum absolute atomic E-state index is 0.00699. The van der Waals surface area contributed by atoms with Gasteiger partial charge in [-0.15, -0.1) is 0 Å². The van der Waals surface area contributed by atoms with Gasteiger partial charge in [0.15, 0.2) is 6.17 Å². The van der Waals surface area contributed by atoms with E-state index in [-0.39, 0.29) is 11.0 Å². The lowest BCUT2D eigenvalue weighted by molar-refractivity contribution is 0.0877. The Morgan fingerprint density at radius 1 is 1.08 bits per heavy atom. The lowest BCUT2D eigenvalue weighted by Gasteiger charge is -2.28. The Bertz CT molecular complexity index is 855. The number of Topliss-reactive ketones (excluding diaryl/α,β-unsaturated/α-hetero) is 1. The summed E-state index contributed by atoms with van der Waals surface area (Å²) in [5, 5.41) is 0. The van der Waals surface area contributed by atoms with Crippen LogP contribution in [0, 0.1) is 0 Å². The first-order valence-electron chi connectivity index (χ1n) is 8.88. The SMILES string of the molecule is CC1(C)C=Cc2cc(C(=O)C(F)c3ccc(C(C)(C)C)cc3)ccc2O1. The van der Waals surface area contributed by atoms with E-state index in [1.807, 2.05) is 38.1 Å². The van der Waals surface area contributed by atoms with Crippen LogP contribution >= 0.6 is 0 Å². The highest BCUT2D eigenvalue weighted by Gasteiger charge is 2.25. The van der Waals surface area contributed by atoms with Crippen LogP contribution in [-0.2, 0) is 5.41 Å². The molecule has 1 unspecified atom stereocenters. The number of fused-ring (bicyclic) bond motifs is 1. The molecule has 0 saturated carbocycles. The standard InChI is InChI=1S/C23H25FO2/c1-22(2,3)18-9-6-15(7-10-18)20(24)21(25)17-8-11-19-16(14-17)12-13-23(4,5)26-19/h6-14,20H,1-5H3. The molecule has 2 aromatic rings. The van der Waals surface area contributed by atoms with Gasteiger partial charge in [0.25, 0.3) is 0 Å². The second kappa shape index (κ2) is 6.39. The number of ether oxygens (including phenoxy) is 1. The molecule has 0 spiro atoms. The van der Waals surface area contributed by atoms with Crippen LogP contribution in [0.15, 0.2) is 48.5 Å². The summed E-state index contributed by atoms with van der Waals surface area (Å²) in [4.78, 5) is 12.6. The third-order valence-corrected chi connectivity index (χ3v) is 4.63. The van der Waals surface area contributed by atoms with Gasteiger partial charge in [-0.1, -0.05) is 51.1 Å². The summed E-state index contributed by atoms with van der Waals surface area (Å²) in [5.74, 6) is 0.175. The summed E-state index contributed by atoms with van der Waals surface area (Å²) in [5.41, 5.74) is 2.26. The second-order valence-corrected chi connectivity index (χ2v) is 8.39. The van der Waals surface area contributed by atoms with Crippen LogP contribution in [0.4, 0.5) is 4.39 Å². The van der Waals surface area contributed by atoms with E-state index in [2.05, 4.69) is 20.8 Å². The molecule has 2 nitrogen and oxygen atoms in total. The van der Waals surface area contributed by atoms with E-state index in [0.717, 1.165) is 11.1 Å². The summed E-state index contributed by atoms with van der Waals surface area (Å²) in [6, 6.07) is 12.2. The van der Waals surface area contributed by atoms with Crippen molar-refractivity contribution in [3.8, 4) is 5.75 Å². The van der Waals surface area contributed by atoms with Gasteiger partial charge in [0, 0.05) is 11.1 Å². The van der Waals surface area contributed by atoms with Crippen molar-refractivity contribution in [2.45, 2.75) is 51.8 Å². The molecular formula is C23H25FO2. The van der Waals surface area contributed by atoms with Crippen molar-refractivity contribution in [1.82, 2.24) is 0 Å².